The first kappa shape index (κ1) is 12.0. The molecule has 0 radical (unpaired) electrons. The van der Waals surface area contributed by atoms with Crippen molar-refractivity contribution in [1.82, 2.24) is 0 Å². The van der Waals surface area contributed by atoms with E-state index in [1.54, 1.807) is 6.26 Å². The van der Waals surface area contributed by atoms with E-state index >= 15 is 0 Å². The van der Waals surface area contributed by atoms with Gasteiger partial charge in [0.25, 0.3) is 0 Å². The maximum atomic E-state index is 5.37. The van der Waals surface area contributed by atoms with Gasteiger partial charge in [0.2, 0.25) is 0 Å². The first-order valence-electron chi connectivity index (χ1n) is 5.74. The maximum Gasteiger partial charge on any atom is 0.0876 e. The molecule has 1 heterocycles. The minimum Gasteiger partial charge on any atom is -0.502 e. The molecule has 0 aromatic rings. The third-order valence-corrected chi connectivity index (χ3v) is 3.92. The Labute approximate surface area is 92.3 Å². The van der Waals surface area contributed by atoms with Crippen molar-refractivity contribution in [2.45, 2.75) is 39.0 Å². The Balaban J connectivity index is 2.07. The Kier molecular flexibility index (Phi) is 7.02. The van der Waals surface area contributed by atoms with Crippen LogP contribution in [0.1, 0.15) is 39.0 Å². The highest BCUT2D eigenvalue weighted by Crippen LogP contribution is 2.23. The lowest BCUT2D eigenvalue weighted by molar-refractivity contribution is 0.222. The average Bonchev–Trinajstić information content (AvgIpc) is 2.15. The normalized spacial score (nSPS) is 24.5. The molecule has 1 aliphatic heterocycles. The molecule has 1 rings (SSSR count). The van der Waals surface area contributed by atoms with Gasteiger partial charge >= 0.3 is 0 Å². The molecule has 1 nitrogen and oxygen atoms in total. The molecule has 1 unspecified atom stereocenters. The fourth-order valence-corrected chi connectivity index (χ4v) is 3.02. The molecule has 0 aromatic carbocycles. The summed E-state index contributed by atoms with van der Waals surface area (Å²) in [7, 11) is 0. The Hall–Kier alpha value is -0.110. The van der Waals surface area contributed by atoms with Gasteiger partial charge < -0.3 is 4.74 Å². The summed E-state index contributed by atoms with van der Waals surface area (Å²) >= 11 is 2.13. The van der Waals surface area contributed by atoms with E-state index in [1.165, 1.54) is 43.6 Å². The van der Waals surface area contributed by atoms with Crippen molar-refractivity contribution < 1.29 is 4.74 Å². The van der Waals surface area contributed by atoms with E-state index in [-0.39, 0.29) is 0 Å². The van der Waals surface area contributed by atoms with Gasteiger partial charge in [-0.05, 0) is 43.6 Å². The number of hydrogen-bond acceptors (Lipinski definition) is 2. The van der Waals surface area contributed by atoms with Crippen molar-refractivity contribution in [1.29, 1.82) is 0 Å². The van der Waals surface area contributed by atoms with Crippen LogP contribution in [0.2, 0.25) is 0 Å². The molecule has 1 atom stereocenters. The molecule has 2 heteroatoms. The van der Waals surface area contributed by atoms with Crippen LogP contribution in [-0.4, -0.2) is 18.1 Å². The summed E-state index contributed by atoms with van der Waals surface area (Å²) in [5.41, 5.74) is 0. The minimum absolute atomic E-state index is 0.894. The van der Waals surface area contributed by atoms with Crippen molar-refractivity contribution in [2.24, 2.45) is 5.92 Å². The summed E-state index contributed by atoms with van der Waals surface area (Å²) in [4.78, 5) is 0. The van der Waals surface area contributed by atoms with Gasteiger partial charge in [0.1, 0.15) is 0 Å². The Morgan fingerprint density at radius 3 is 3.14 bits per heavy atom. The minimum atomic E-state index is 0.894. The van der Waals surface area contributed by atoms with Gasteiger partial charge in [0, 0.05) is 0 Å². The second kappa shape index (κ2) is 8.22. The zero-order valence-electron chi connectivity index (χ0n) is 9.21. The van der Waals surface area contributed by atoms with Crippen LogP contribution < -0.4 is 0 Å². The van der Waals surface area contributed by atoms with Crippen molar-refractivity contribution >= 4 is 11.8 Å². The molecule has 0 bridgehead atoms. The lowest BCUT2D eigenvalue weighted by Crippen LogP contribution is -2.09. The van der Waals surface area contributed by atoms with Crippen molar-refractivity contribution in [3.8, 4) is 0 Å². The molecule has 0 N–H and O–H groups in total. The van der Waals surface area contributed by atoms with E-state index in [0.29, 0.717) is 0 Å². The topological polar surface area (TPSA) is 9.23 Å². The second-order valence-corrected chi connectivity index (χ2v) is 5.07. The zero-order valence-corrected chi connectivity index (χ0v) is 10.0. The Morgan fingerprint density at radius 2 is 2.29 bits per heavy atom. The fraction of sp³-hybridized carbons (Fsp3) is 0.833. The van der Waals surface area contributed by atoms with Crippen LogP contribution in [0.25, 0.3) is 0 Å². The molecule has 1 saturated heterocycles. The van der Waals surface area contributed by atoms with E-state index in [2.05, 4.69) is 11.8 Å². The third kappa shape index (κ3) is 5.58. The smallest absolute Gasteiger partial charge is 0.0876 e. The number of thioether (sulfide) groups is 1. The fourth-order valence-electron chi connectivity index (χ4n) is 1.77. The molecule has 14 heavy (non-hydrogen) atoms. The van der Waals surface area contributed by atoms with Crippen LogP contribution in [0, 0.1) is 5.92 Å². The summed E-state index contributed by atoms with van der Waals surface area (Å²) in [6.07, 6.45) is 10.7. The highest BCUT2D eigenvalue weighted by Gasteiger charge is 2.10. The van der Waals surface area contributed by atoms with Gasteiger partial charge in [-0.25, -0.2) is 0 Å². The summed E-state index contributed by atoms with van der Waals surface area (Å²) in [6.45, 7) is 2.89. The lowest BCUT2D eigenvalue weighted by Gasteiger charge is -2.18. The van der Waals surface area contributed by atoms with Crippen LogP contribution in [0.15, 0.2) is 12.3 Å². The number of ether oxygens (including phenoxy) is 1. The first-order chi connectivity index (χ1) is 6.93. The van der Waals surface area contributed by atoms with E-state index in [0.717, 1.165) is 12.5 Å². The van der Waals surface area contributed by atoms with E-state index < -0.39 is 0 Å². The summed E-state index contributed by atoms with van der Waals surface area (Å²) in [5, 5.41) is 0. The highest BCUT2D eigenvalue weighted by atomic mass is 32.2. The van der Waals surface area contributed by atoms with Gasteiger partial charge in [-0.2, -0.15) is 11.8 Å². The van der Waals surface area contributed by atoms with Crippen LogP contribution in [0.5, 0.6) is 0 Å². The highest BCUT2D eigenvalue weighted by molar-refractivity contribution is 7.99. The van der Waals surface area contributed by atoms with Gasteiger partial charge in [0.15, 0.2) is 0 Å². The molecule has 0 saturated carbocycles. The number of hydrogen-bond donors (Lipinski definition) is 0. The SMILES string of the molecule is C/C=C/OCCC1CCCCCSC1. The molecule has 82 valence electrons. The molecule has 1 aliphatic rings. The molecular formula is C12H22OS. The summed E-state index contributed by atoms with van der Waals surface area (Å²) in [6, 6.07) is 0. The van der Waals surface area contributed by atoms with Gasteiger partial charge in [-0.1, -0.05) is 18.9 Å². The van der Waals surface area contributed by atoms with Gasteiger partial charge in [-0.3, -0.25) is 0 Å². The van der Waals surface area contributed by atoms with E-state index in [9.17, 15) is 0 Å². The predicted octanol–water partition coefficient (Wildman–Crippen LogP) is 3.85. The van der Waals surface area contributed by atoms with Gasteiger partial charge in [0.05, 0.1) is 12.9 Å². The van der Waals surface area contributed by atoms with Gasteiger partial charge in [-0.15, -0.1) is 0 Å². The van der Waals surface area contributed by atoms with E-state index in [1.807, 2.05) is 13.0 Å². The first-order valence-corrected chi connectivity index (χ1v) is 6.89. The zero-order chi connectivity index (χ0) is 10.1. The maximum absolute atomic E-state index is 5.37. The standard InChI is InChI=1S/C12H22OS/c1-2-8-13-9-7-12-6-4-3-5-10-14-11-12/h2,8,12H,3-7,9-11H2,1H3/b8-2+. The quantitative estimate of drug-likeness (QED) is 0.519. The molecular weight excluding hydrogens is 192 g/mol. The van der Waals surface area contributed by atoms with Crippen molar-refractivity contribution in [2.75, 3.05) is 18.1 Å². The third-order valence-electron chi connectivity index (χ3n) is 2.63. The second-order valence-electron chi connectivity index (χ2n) is 3.92. The Morgan fingerprint density at radius 1 is 1.36 bits per heavy atom. The molecule has 0 aliphatic carbocycles. The van der Waals surface area contributed by atoms with Crippen LogP contribution in [0.4, 0.5) is 0 Å². The summed E-state index contributed by atoms with van der Waals surface area (Å²) < 4.78 is 5.37. The van der Waals surface area contributed by atoms with E-state index in [4.69, 9.17) is 4.74 Å². The molecule has 1 fully saturated rings. The number of rotatable bonds is 4. The molecule has 0 spiro atoms. The van der Waals surface area contributed by atoms with Crippen LogP contribution in [-0.2, 0) is 4.74 Å². The average molecular weight is 214 g/mol. The monoisotopic (exact) mass is 214 g/mol. The van der Waals surface area contributed by atoms with Crippen LogP contribution >= 0.6 is 11.8 Å². The number of allylic oxidation sites excluding steroid dienone is 1. The predicted molar refractivity (Wildman–Crippen MR) is 64.7 cm³/mol. The van der Waals surface area contributed by atoms with Crippen molar-refractivity contribution in [3.63, 3.8) is 0 Å². The lowest BCUT2D eigenvalue weighted by atomic mass is 10.00. The summed E-state index contributed by atoms with van der Waals surface area (Å²) in [5.74, 6) is 3.61. The molecule has 0 aromatic heterocycles. The van der Waals surface area contributed by atoms with Crippen LogP contribution in [0.3, 0.4) is 0 Å². The Bertz CT molecular complexity index is 148. The van der Waals surface area contributed by atoms with Crippen molar-refractivity contribution in [3.05, 3.63) is 12.3 Å². The largest absolute Gasteiger partial charge is 0.502 e. The molecule has 0 amide bonds.